The van der Waals surface area contributed by atoms with Crippen LogP contribution in [0.3, 0.4) is 0 Å². The van der Waals surface area contributed by atoms with E-state index in [1.807, 2.05) is 0 Å². The highest BCUT2D eigenvalue weighted by Gasteiger charge is 2.35. The third kappa shape index (κ3) is 4.59. The summed E-state index contributed by atoms with van der Waals surface area (Å²) in [6.07, 6.45) is -0.158. The molecule has 0 bridgehead atoms. The number of thiophene rings is 1. The molecule has 2 nitrogen and oxygen atoms in total. The summed E-state index contributed by atoms with van der Waals surface area (Å²) >= 11 is 1.81. The van der Waals surface area contributed by atoms with Crippen LogP contribution in [-0.4, -0.2) is 13.4 Å². The molecule has 1 rings (SSSR count). The van der Waals surface area contributed by atoms with Gasteiger partial charge in [-0.25, -0.2) is 0 Å². The maximum absolute atomic E-state index is 6.32. The Balaban J connectivity index is 3.00. The molecule has 110 valence electrons. The van der Waals surface area contributed by atoms with Gasteiger partial charge in [-0.3, -0.25) is 0 Å². The smallest absolute Gasteiger partial charge is 0.162 e. The number of hydrogen-bond donors (Lipinski definition) is 0. The van der Waals surface area contributed by atoms with E-state index in [4.69, 9.17) is 9.47 Å². The first-order valence-electron chi connectivity index (χ1n) is 6.80. The maximum Gasteiger partial charge on any atom is 0.162 e. The molecule has 0 radical (unpaired) electrons. The van der Waals surface area contributed by atoms with Gasteiger partial charge >= 0.3 is 0 Å². The molecule has 0 aromatic carbocycles. The standard InChI is InChI=1S/C16H28O2S/c1-11-9-10-12(19-11)13(15(2,3)4)18-14(17-8)16(5,6)7/h9-10,13-14H,1-8H3. The minimum Gasteiger partial charge on any atom is -0.355 e. The summed E-state index contributed by atoms with van der Waals surface area (Å²) in [4.78, 5) is 2.59. The number of rotatable bonds is 4. The van der Waals surface area contributed by atoms with Crippen molar-refractivity contribution in [3.63, 3.8) is 0 Å². The third-order valence-corrected chi connectivity index (χ3v) is 4.03. The molecule has 0 amide bonds. The van der Waals surface area contributed by atoms with Crippen LogP contribution in [0.1, 0.15) is 57.4 Å². The van der Waals surface area contributed by atoms with Crippen molar-refractivity contribution in [2.24, 2.45) is 10.8 Å². The summed E-state index contributed by atoms with van der Waals surface area (Å²) in [5.41, 5.74) is 0.00385. The normalized spacial score (nSPS) is 16.4. The van der Waals surface area contributed by atoms with Gasteiger partial charge in [0.2, 0.25) is 0 Å². The quantitative estimate of drug-likeness (QED) is 0.709. The van der Waals surface area contributed by atoms with Crippen molar-refractivity contribution in [2.45, 2.75) is 60.9 Å². The van der Waals surface area contributed by atoms with Gasteiger partial charge in [0.25, 0.3) is 0 Å². The highest BCUT2D eigenvalue weighted by molar-refractivity contribution is 7.12. The van der Waals surface area contributed by atoms with Crippen molar-refractivity contribution in [1.82, 2.24) is 0 Å². The molecule has 2 atom stereocenters. The van der Waals surface area contributed by atoms with Crippen LogP contribution in [0, 0.1) is 17.8 Å². The lowest BCUT2D eigenvalue weighted by Crippen LogP contribution is -2.35. The van der Waals surface area contributed by atoms with Crippen molar-refractivity contribution < 1.29 is 9.47 Å². The number of aryl methyl sites for hydroxylation is 1. The van der Waals surface area contributed by atoms with E-state index in [9.17, 15) is 0 Å². The van der Waals surface area contributed by atoms with E-state index in [1.165, 1.54) is 9.75 Å². The van der Waals surface area contributed by atoms with Crippen LogP contribution in [0.25, 0.3) is 0 Å². The molecule has 3 heteroatoms. The lowest BCUT2D eigenvalue weighted by molar-refractivity contribution is -0.224. The molecule has 0 aliphatic heterocycles. The van der Waals surface area contributed by atoms with Gasteiger partial charge in [-0.1, -0.05) is 41.5 Å². The zero-order chi connectivity index (χ0) is 14.8. The minimum absolute atomic E-state index is 0.0371. The van der Waals surface area contributed by atoms with E-state index in [0.717, 1.165) is 0 Å². The average molecular weight is 284 g/mol. The molecular weight excluding hydrogens is 256 g/mol. The number of hydrogen-bond acceptors (Lipinski definition) is 3. The van der Waals surface area contributed by atoms with Gasteiger partial charge < -0.3 is 9.47 Å². The topological polar surface area (TPSA) is 18.5 Å². The van der Waals surface area contributed by atoms with Gasteiger partial charge in [0.05, 0.1) is 6.10 Å². The van der Waals surface area contributed by atoms with Crippen molar-refractivity contribution in [3.8, 4) is 0 Å². The lowest BCUT2D eigenvalue weighted by atomic mass is 9.87. The Labute approximate surface area is 122 Å². The number of methoxy groups -OCH3 is 1. The molecular formula is C16H28O2S. The molecule has 1 heterocycles. The van der Waals surface area contributed by atoms with Gasteiger partial charge in [-0.2, -0.15) is 0 Å². The summed E-state index contributed by atoms with van der Waals surface area (Å²) in [7, 11) is 1.72. The Morgan fingerprint density at radius 2 is 1.58 bits per heavy atom. The van der Waals surface area contributed by atoms with Crippen molar-refractivity contribution in [2.75, 3.05) is 7.11 Å². The van der Waals surface area contributed by atoms with Crippen LogP contribution in [0.4, 0.5) is 0 Å². The Morgan fingerprint density at radius 1 is 1.00 bits per heavy atom. The Bertz CT molecular complexity index is 396. The van der Waals surface area contributed by atoms with Gasteiger partial charge in [-0.05, 0) is 24.5 Å². The predicted molar refractivity (Wildman–Crippen MR) is 82.6 cm³/mol. The molecule has 0 fully saturated rings. The molecule has 1 aromatic rings. The van der Waals surface area contributed by atoms with Crippen molar-refractivity contribution in [1.29, 1.82) is 0 Å². The summed E-state index contributed by atoms with van der Waals surface area (Å²) in [6, 6.07) is 4.33. The van der Waals surface area contributed by atoms with Gasteiger partial charge in [0, 0.05) is 22.3 Å². The highest BCUT2D eigenvalue weighted by Crippen LogP contribution is 2.42. The molecule has 0 aliphatic carbocycles. The van der Waals surface area contributed by atoms with E-state index in [0.29, 0.717) is 0 Å². The Kier molecular flexibility index (Phi) is 5.21. The molecule has 1 aromatic heterocycles. The average Bonchev–Trinajstić information content (AvgIpc) is 2.61. The van der Waals surface area contributed by atoms with Crippen LogP contribution in [-0.2, 0) is 9.47 Å². The molecule has 0 saturated heterocycles. The predicted octanol–water partition coefficient (Wildman–Crippen LogP) is 5.18. The molecule has 0 spiro atoms. The summed E-state index contributed by atoms with van der Waals surface area (Å²) in [6.45, 7) is 15.2. The third-order valence-electron chi connectivity index (χ3n) is 2.99. The maximum atomic E-state index is 6.32. The first-order valence-corrected chi connectivity index (χ1v) is 7.62. The monoisotopic (exact) mass is 284 g/mol. The number of ether oxygens (including phenoxy) is 2. The highest BCUT2D eigenvalue weighted by atomic mass is 32.1. The van der Waals surface area contributed by atoms with E-state index in [-0.39, 0.29) is 23.2 Å². The molecule has 19 heavy (non-hydrogen) atoms. The molecule has 0 aliphatic rings. The second kappa shape index (κ2) is 5.94. The van der Waals surface area contributed by atoms with E-state index in [1.54, 1.807) is 18.4 Å². The fourth-order valence-electron chi connectivity index (χ4n) is 2.03. The van der Waals surface area contributed by atoms with Crippen LogP contribution in [0.2, 0.25) is 0 Å². The SMILES string of the molecule is COC(OC(c1ccc(C)s1)C(C)(C)C)C(C)(C)C. The Hall–Kier alpha value is -0.380. The summed E-state index contributed by atoms with van der Waals surface area (Å²) in [5.74, 6) is 0. The lowest BCUT2D eigenvalue weighted by Gasteiger charge is -2.37. The molecule has 0 N–H and O–H groups in total. The fraction of sp³-hybridized carbons (Fsp3) is 0.750. The zero-order valence-electron chi connectivity index (χ0n) is 13.5. The molecule has 2 unspecified atom stereocenters. The van der Waals surface area contributed by atoms with E-state index in [2.05, 4.69) is 60.6 Å². The summed E-state index contributed by atoms with van der Waals surface area (Å²) < 4.78 is 11.9. The second-order valence-electron chi connectivity index (χ2n) is 7.26. The van der Waals surface area contributed by atoms with E-state index >= 15 is 0 Å². The zero-order valence-corrected chi connectivity index (χ0v) is 14.4. The first-order chi connectivity index (χ1) is 8.55. The van der Waals surface area contributed by atoms with E-state index < -0.39 is 0 Å². The van der Waals surface area contributed by atoms with Crippen molar-refractivity contribution >= 4 is 11.3 Å². The Morgan fingerprint density at radius 3 is 1.89 bits per heavy atom. The van der Waals surface area contributed by atoms with Crippen LogP contribution in [0.5, 0.6) is 0 Å². The van der Waals surface area contributed by atoms with Crippen LogP contribution < -0.4 is 0 Å². The van der Waals surface area contributed by atoms with Crippen LogP contribution in [0.15, 0.2) is 12.1 Å². The second-order valence-corrected chi connectivity index (χ2v) is 8.58. The largest absolute Gasteiger partial charge is 0.355 e. The summed E-state index contributed by atoms with van der Waals surface area (Å²) in [5, 5.41) is 0. The van der Waals surface area contributed by atoms with Gasteiger partial charge in [0.1, 0.15) is 0 Å². The molecule has 0 saturated carbocycles. The minimum atomic E-state index is -0.209. The van der Waals surface area contributed by atoms with Crippen LogP contribution >= 0.6 is 11.3 Å². The van der Waals surface area contributed by atoms with Gasteiger partial charge in [-0.15, -0.1) is 11.3 Å². The first kappa shape index (κ1) is 16.7. The fourth-order valence-corrected chi connectivity index (χ4v) is 3.19. The van der Waals surface area contributed by atoms with Crippen molar-refractivity contribution in [3.05, 3.63) is 21.9 Å². The van der Waals surface area contributed by atoms with Gasteiger partial charge in [0.15, 0.2) is 6.29 Å².